The van der Waals surface area contributed by atoms with Crippen LogP contribution in [0.15, 0.2) is 0 Å². The van der Waals surface area contributed by atoms with Gasteiger partial charge in [-0.25, -0.2) is 4.98 Å². The smallest absolute Gasteiger partial charge is 0.263 e. The highest BCUT2D eigenvalue weighted by Crippen LogP contribution is 2.25. The molecule has 0 bridgehead atoms. The number of hydrogen-bond acceptors (Lipinski definition) is 5. The van der Waals surface area contributed by atoms with E-state index in [2.05, 4.69) is 15.6 Å². The van der Waals surface area contributed by atoms with Crippen molar-refractivity contribution in [3.05, 3.63) is 10.6 Å². The molecule has 0 radical (unpaired) electrons. The van der Waals surface area contributed by atoms with E-state index >= 15 is 0 Å². The first-order valence-corrected chi connectivity index (χ1v) is 8.11. The normalized spacial score (nSPS) is 22.6. The zero-order valence-electron chi connectivity index (χ0n) is 12.1. The van der Waals surface area contributed by atoms with Gasteiger partial charge in [-0.05, 0) is 26.7 Å². The van der Waals surface area contributed by atoms with Crippen LogP contribution >= 0.6 is 11.3 Å². The number of thiazole rings is 1. The van der Waals surface area contributed by atoms with Crippen molar-refractivity contribution in [2.45, 2.75) is 45.6 Å². The molecule has 1 aromatic rings. The minimum absolute atomic E-state index is 0.0815. The maximum absolute atomic E-state index is 12.2. The van der Waals surface area contributed by atoms with Gasteiger partial charge in [-0.3, -0.25) is 4.79 Å². The van der Waals surface area contributed by atoms with Crippen LogP contribution in [0.2, 0.25) is 0 Å². The number of carbonyl (C=O) groups excluding carboxylic acids is 1. The molecular formula is C14H23N3O2S. The second kappa shape index (κ2) is 7.04. The van der Waals surface area contributed by atoms with Crippen molar-refractivity contribution >= 4 is 22.4 Å². The fourth-order valence-corrected chi connectivity index (χ4v) is 3.51. The predicted molar refractivity (Wildman–Crippen MR) is 81.3 cm³/mol. The van der Waals surface area contributed by atoms with Crippen molar-refractivity contribution < 1.29 is 9.90 Å². The van der Waals surface area contributed by atoms with E-state index in [1.165, 1.54) is 11.3 Å². The topological polar surface area (TPSA) is 74.2 Å². The van der Waals surface area contributed by atoms with Crippen molar-refractivity contribution in [3.8, 4) is 0 Å². The highest BCUT2D eigenvalue weighted by molar-refractivity contribution is 7.17. The molecule has 2 atom stereocenters. The van der Waals surface area contributed by atoms with Gasteiger partial charge in [-0.15, -0.1) is 0 Å². The lowest BCUT2D eigenvalue weighted by Gasteiger charge is -2.27. The first-order chi connectivity index (χ1) is 9.61. The molecule has 112 valence electrons. The third kappa shape index (κ3) is 3.70. The fraction of sp³-hybridized carbons (Fsp3) is 0.714. The number of anilines is 1. The van der Waals surface area contributed by atoms with E-state index in [0.717, 1.165) is 43.1 Å². The highest BCUT2D eigenvalue weighted by Gasteiger charge is 2.24. The van der Waals surface area contributed by atoms with Gasteiger partial charge in [0.25, 0.3) is 5.91 Å². The van der Waals surface area contributed by atoms with Crippen molar-refractivity contribution in [1.29, 1.82) is 0 Å². The van der Waals surface area contributed by atoms with Crippen LogP contribution < -0.4 is 10.6 Å². The minimum Gasteiger partial charge on any atom is -0.393 e. The number of nitrogens with one attached hydrogen (secondary N) is 2. The lowest BCUT2D eigenvalue weighted by Crippen LogP contribution is -2.36. The number of hydrogen-bond donors (Lipinski definition) is 3. The van der Waals surface area contributed by atoms with E-state index in [1.54, 1.807) is 0 Å². The molecule has 0 unspecified atom stereocenters. The largest absolute Gasteiger partial charge is 0.393 e. The van der Waals surface area contributed by atoms with Gasteiger partial charge < -0.3 is 15.7 Å². The Balaban J connectivity index is 1.91. The lowest BCUT2D eigenvalue weighted by molar-refractivity contribution is 0.0664. The molecule has 3 N–H and O–H groups in total. The lowest BCUT2D eigenvalue weighted by atomic mass is 9.86. The maximum Gasteiger partial charge on any atom is 0.263 e. The third-order valence-electron chi connectivity index (χ3n) is 3.72. The van der Waals surface area contributed by atoms with Gasteiger partial charge in [0.1, 0.15) is 4.88 Å². The van der Waals surface area contributed by atoms with Gasteiger partial charge in [0.15, 0.2) is 5.13 Å². The first kappa shape index (κ1) is 15.3. The van der Waals surface area contributed by atoms with E-state index < -0.39 is 0 Å². The molecular weight excluding hydrogens is 274 g/mol. The van der Waals surface area contributed by atoms with E-state index in [4.69, 9.17) is 0 Å². The first-order valence-electron chi connectivity index (χ1n) is 7.29. The van der Waals surface area contributed by atoms with Crippen molar-refractivity contribution in [3.63, 3.8) is 0 Å². The molecule has 0 spiro atoms. The molecule has 1 fully saturated rings. The summed E-state index contributed by atoms with van der Waals surface area (Å²) in [6.07, 6.45) is 3.80. The Bertz CT molecular complexity index is 461. The Labute approximate surface area is 123 Å². The minimum atomic E-state index is -0.274. The Morgan fingerprint density at radius 1 is 1.45 bits per heavy atom. The van der Waals surface area contributed by atoms with Crippen molar-refractivity contribution in [1.82, 2.24) is 10.3 Å². The molecule has 6 heteroatoms. The number of carbonyl (C=O) groups is 1. The van der Waals surface area contributed by atoms with Gasteiger partial charge in [0.2, 0.25) is 0 Å². The molecule has 1 aromatic heterocycles. The summed E-state index contributed by atoms with van der Waals surface area (Å²) in [5.74, 6) is 0.107. The highest BCUT2D eigenvalue weighted by atomic mass is 32.1. The summed E-state index contributed by atoms with van der Waals surface area (Å²) in [6.45, 7) is 5.19. The van der Waals surface area contributed by atoms with Crippen LogP contribution in [0.4, 0.5) is 5.13 Å². The molecule has 1 aliphatic rings. The average molecular weight is 297 g/mol. The molecule has 2 rings (SSSR count). The standard InChI is InChI=1S/C14H23N3O2S/c1-3-15-14-17-9(2)12(20-14)13(19)16-8-10-6-4-5-7-11(10)18/h10-11,18H,3-8H2,1-2H3,(H,15,17)(H,16,19)/t10-,11+/m0/s1. The summed E-state index contributed by atoms with van der Waals surface area (Å²) in [4.78, 5) is 17.2. The molecule has 1 aliphatic carbocycles. The molecule has 20 heavy (non-hydrogen) atoms. The summed E-state index contributed by atoms with van der Waals surface area (Å²) in [5.41, 5.74) is 0.757. The summed E-state index contributed by atoms with van der Waals surface area (Å²) < 4.78 is 0. The Morgan fingerprint density at radius 2 is 2.20 bits per heavy atom. The zero-order valence-corrected chi connectivity index (χ0v) is 12.9. The summed E-state index contributed by atoms with van der Waals surface area (Å²) in [6, 6.07) is 0. The van der Waals surface area contributed by atoms with Crippen LogP contribution in [0.3, 0.4) is 0 Å². The summed E-state index contributed by atoms with van der Waals surface area (Å²) in [7, 11) is 0. The van der Waals surface area contributed by atoms with Crippen molar-refractivity contribution in [2.24, 2.45) is 5.92 Å². The second-order valence-electron chi connectivity index (χ2n) is 5.29. The number of amides is 1. The van der Waals surface area contributed by atoms with E-state index in [9.17, 15) is 9.90 Å². The van der Waals surface area contributed by atoms with Crippen molar-refractivity contribution in [2.75, 3.05) is 18.4 Å². The van der Waals surface area contributed by atoms with E-state index in [0.29, 0.717) is 11.4 Å². The van der Waals surface area contributed by atoms with E-state index in [-0.39, 0.29) is 17.9 Å². The number of rotatable bonds is 5. The maximum atomic E-state index is 12.2. The van der Waals surface area contributed by atoms with Crippen LogP contribution in [-0.2, 0) is 0 Å². The Kier molecular flexibility index (Phi) is 5.37. The van der Waals surface area contributed by atoms with Gasteiger partial charge in [-0.1, -0.05) is 24.2 Å². The summed E-state index contributed by atoms with van der Waals surface area (Å²) in [5, 5.41) is 16.8. The van der Waals surface area contributed by atoms with Crippen LogP contribution in [0.5, 0.6) is 0 Å². The average Bonchev–Trinajstić information content (AvgIpc) is 2.79. The van der Waals surface area contributed by atoms with Gasteiger partial charge >= 0.3 is 0 Å². The predicted octanol–water partition coefficient (Wildman–Crippen LogP) is 2.16. The number of aliphatic hydroxyl groups is 1. The fourth-order valence-electron chi connectivity index (χ4n) is 2.56. The van der Waals surface area contributed by atoms with Gasteiger partial charge in [-0.2, -0.15) is 0 Å². The number of aliphatic hydroxyl groups excluding tert-OH is 1. The van der Waals surface area contributed by atoms with Crippen LogP contribution in [0.25, 0.3) is 0 Å². The Hall–Kier alpha value is -1.14. The third-order valence-corrected chi connectivity index (χ3v) is 4.84. The molecule has 0 saturated heterocycles. The number of aryl methyl sites for hydroxylation is 1. The Morgan fingerprint density at radius 3 is 2.90 bits per heavy atom. The number of aromatic nitrogens is 1. The monoisotopic (exact) mass is 297 g/mol. The quantitative estimate of drug-likeness (QED) is 0.778. The van der Waals surface area contributed by atoms with Crippen LogP contribution in [0.1, 0.15) is 48.0 Å². The molecule has 1 saturated carbocycles. The van der Waals surface area contributed by atoms with Gasteiger partial charge in [0.05, 0.1) is 11.8 Å². The van der Waals surface area contributed by atoms with Gasteiger partial charge in [0, 0.05) is 19.0 Å². The molecule has 1 heterocycles. The molecule has 5 nitrogen and oxygen atoms in total. The SMILES string of the molecule is CCNc1nc(C)c(C(=O)NC[C@@H]2CCCC[C@H]2O)s1. The van der Waals surface area contributed by atoms with Crippen LogP contribution in [-0.4, -0.2) is 35.2 Å². The zero-order chi connectivity index (χ0) is 14.5. The summed E-state index contributed by atoms with van der Waals surface area (Å²) >= 11 is 1.38. The molecule has 1 amide bonds. The molecule has 0 aromatic carbocycles. The van der Waals surface area contributed by atoms with E-state index in [1.807, 2.05) is 13.8 Å². The molecule has 0 aliphatic heterocycles. The number of nitrogens with zero attached hydrogens (tertiary/aromatic N) is 1. The second-order valence-corrected chi connectivity index (χ2v) is 6.28. The van der Waals surface area contributed by atoms with Crippen LogP contribution in [0, 0.1) is 12.8 Å².